The lowest BCUT2D eigenvalue weighted by Gasteiger charge is -2.19. The average Bonchev–Trinajstić information content (AvgIpc) is 2.62. The number of aryl methyl sites for hydroxylation is 1. The molecule has 0 aliphatic carbocycles. The molecule has 3 aromatic carbocycles. The molecule has 0 saturated heterocycles. The second-order valence-corrected chi connectivity index (χ2v) is 5.24. The summed E-state index contributed by atoms with van der Waals surface area (Å²) in [6.45, 7) is 2.01. The first-order valence-electron chi connectivity index (χ1n) is 7.49. The third kappa shape index (κ3) is 4.02. The van der Waals surface area contributed by atoms with E-state index in [0.29, 0.717) is 11.5 Å². The molecule has 3 aromatic rings. The molecule has 3 nitrogen and oxygen atoms in total. The molecule has 0 aliphatic rings. The van der Waals surface area contributed by atoms with Crippen molar-refractivity contribution in [3.05, 3.63) is 96.1 Å². The predicted octanol–water partition coefficient (Wildman–Crippen LogP) is 5.39. The van der Waals surface area contributed by atoms with Gasteiger partial charge in [0.05, 0.1) is 11.4 Å². The quantitative estimate of drug-likeness (QED) is 0.395. The maximum Gasteiger partial charge on any atom is 0.165 e. The first-order chi connectivity index (χ1) is 11.3. The standard InChI is InChI=1S/C20H18N2O.ClH/c1-16-10-8-9-15-19(16)21-20(17-11-4-2-5-12-17)22(23)18-13-6-3-7-14-18;/h2-15,23H,1H3;1H. The van der Waals surface area contributed by atoms with E-state index in [1.54, 1.807) is 0 Å². The summed E-state index contributed by atoms with van der Waals surface area (Å²) in [5, 5.41) is 11.8. The van der Waals surface area contributed by atoms with Gasteiger partial charge in [-0.3, -0.25) is 5.21 Å². The molecule has 0 atom stereocenters. The minimum Gasteiger partial charge on any atom is -0.282 e. The molecular weight excluding hydrogens is 320 g/mol. The van der Waals surface area contributed by atoms with E-state index in [-0.39, 0.29) is 12.4 Å². The summed E-state index contributed by atoms with van der Waals surface area (Å²) in [5.41, 5.74) is 3.41. The van der Waals surface area contributed by atoms with Gasteiger partial charge in [0, 0.05) is 5.56 Å². The number of nitrogens with zero attached hydrogens (tertiary/aromatic N) is 2. The van der Waals surface area contributed by atoms with Gasteiger partial charge in [-0.15, -0.1) is 12.4 Å². The van der Waals surface area contributed by atoms with Crippen molar-refractivity contribution in [2.45, 2.75) is 6.92 Å². The van der Waals surface area contributed by atoms with Gasteiger partial charge in [0.15, 0.2) is 5.84 Å². The average molecular weight is 339 g/mol. The molecule has 3 rings (SSSR count). The van der Waals surface area contributed by atoms with E-state index in [2.05, 4.69) is 0 Å². The molecule has 0 amide bonds. The number of anilines is 1. The normalized spacial score (nSPS) is 10.8. The highest BCUT2D eigenvalue weighted by atomic mass is 35.5. The topological polar surface area (TPSA) is 35.8 Å². The maximum atomic E-state index is 10.7. The Morgan fingerprint density at radius 3 is 1.96 bits per heavy atom. The fourth-order valence-electron chi connectivity index (χ4n) is 2.32. The zero-order valence-electron chi connectivity index (χ0n) is 13.3. The van der Waals surface area contributed by atoms with E-state index in [0.717, 1.165) is 21.9 Å². The van der Waals surface area contributed by atoms with Crippen molar-refractivity contribution in [2.75, 3.05) is 5.06 Å². The Bertz CT molecular complexity index is 804. The lowest BCUT2D eigenvalue weighted by Crippen LogP contribution is -2.27. The summed E-state index contributed by atoms with van der Waals surface area (Å²) < 4.78 is 0. The van der Waals surface area contributed by atoms with Gasteiger partial charge in [-0.25, -0.2) is 10.1 Å². The molecule has 0 unspecified atom stereocenters. The van der Waals surface area contributed by atoms with Crippen LogP contribution in [0.5, 0.6) is 0 Å². The highest BCUT2D eigenvalue weighted by molar-refractivity contribution is 6.09. The molecule has 0 fully saturated rings. The SMILES string of the molecule is Cc1ccccc1N=C(c1ccccc1)N(O)c1ccccc1.Cl. The highest BCUT2D eigenvalue weighted by Crippen LogP contribution is 2.22. The second-order valence-electron chi connectivity index (χ2n) is 5.24. The largest absolute Gasteiger partial charge is 0.282 e. The van der Waals surface area contributed by atoms with Gasteiger partial charge in [-0.05, 0) is 30.7 Å². The summed E-state index contributed by atoms with van der Waals surface area (Å²) in [4.78, 5) is 4.70. The van der Waals surface area contributed by atoms with Gasteiger partial charge in [-0.2, -0.15) is 0 Å². The molecule has 0 saturated carbocycles. The summed E-state index contributed by atoms with van der Waals surface area (Å²) in [6.07, 6.45) is 0. The van der Waals surface area contributed by atoms with E-state index in [1.807, 2.05) is 91.9 Å². The number of rotatable bonds is 3. The summed E-state index contributed by atoms with van der Waals surface area (Å²) >= 11 is 0. The molecule has 4 heteroatoms. The van der Waals surface area contributed by atoms with E-state index >= 15 is 0 Å². The minimum atomic E-state index is 0. The molecular formula is C20H19ClN2O. The van der Waals surface area contributed by atoms with Crippen LogP contribution in [0.15, 0.2) is 89.9 Å². The second kappa shape index (κ2) is 8.29. The number of para-hydroxylation sites is 2. The van der Waals surface area contributed by atoms with E-state index in [9.17, 15) is 5.21 Å². The molecule has 1 N–H and O–H groups in total. The molecule has 0 aromatic heterocycles. The van der Waals surface area contributed by atoms with Gasteiger partial charge < -0.3 is 0 Å². The first-order valence-corrected chi connectivity index (χ1v) is 7.49. The van der Waals surface area contributed by atoms with Crippen LogP contribution in [0.2, 0.25) is 0 Å². The van der Waals surface area contributed by atoms with Gasteiger partial charge in [0.1, 0.15) is 0 Å². The van der Waals surface area contributed by atoms with Crippen LogP contribution in [0.4, 0.5) is 11.4 Å². The molecule has 0 bridgehead atoms. The van der Waals surface area contributed by atoms with Crippen LogP contribution in [0, 0.1) is 6.92 Å². The predicted molar refractivity (Wildman–Crippen MR) is 102 cm³/mol. The van der Waals surface area contributed by atoms with Crippen LogP contribution in [-0.4, -0.2) is 11.0 Å². The fourth-order valence-corrected chi connectivity index (χ4v) is 2.32. The van der Waals surface area contributed by atoms with Crippen molar-refractivity contribution in [1.82, 2.24) is 0 Å². The molecule has 24 heavy (non-hydrogen) atoms. The summed E-state index contributed by atoms with van der Waals surface area (Å²) in [6, 6.07) is 26.9. The Morgan fingerprint density at radius 2 is 1.33 bits per heavy atom. The van der Waals surface area contributed by atoms with Gasteiger partial charge in [-0.1, -0.05) is 66.7 Å². The molecule has 0 radical (unpaired) electrons. The number of amidine groups is 1. The van der Waals surface area contributed by atoms with Crippen molar-refractivity contribution < 1.29 is 5.21 Å². The number of hydroxylamine groups is 1. The zero-order chi connectivity index (χ0) is 16.1. The van der Waals surface area contributed by atoms with Crippen molar-refractivity contribution in [2.24, 2.45) is 4.99 Å². The Morgan fingerprint density at radius 1 is 0.792 bits per heavy atom. The summed E-state index contributed by atoms with van der Waals surface area (Å²) in [7, 11) is 0. The molecule has 0 heterocycles. The van der Waals surface area contributed by atoms with E-state index < -0.39 is 0 Å². The third-order valence-corrected chi connectivity index (χ3v) is 3.58. The van der Waals surface area contributed by atoms with Crippen LogP contribution >= 0.6 is 12.4 Å². The van der Waals surface area contributed by atoms with Crippen LogP contribution in [0.3, 0.4) is 0 Å². The van der Waals surface area contributed by atoms with Crippen LogP contribution in [0.1, 0.15) is 11.1 Å². The lowest BCUT2D eigenvalue weighted by atomic mass is 10.1. The number of halogens is 1. The third-order valence-electron chi connectivity index (χ3n) is 3.58. The first kappa shape index (κ1) is 17.7. The van der Waals surface area contributed by atoms with E-state index in [4.69, 9.17) is 4.99 Å². The Balaban J connectivity index is 0.00000208. The maximum absolute atomic E-state index is 10.7. The number of hydrogen-bond donors (Lipinski definition) is 1. The van der Waals surface area contributed by atoms with Crippen LogP contribution in [-0.2, 0) is 0 Å². The molecule has 122 valence electrons. The smallest absolute Gasteiger partial charge is 0.165 e. The summed E-state index contributed by atoms with van der Waals surface area (Å²) in [5.74, 6) is 0.492. The van der Waals surface area contributed by atoms with Crippen molar-refractivity contribution in [3.8, 4) is 0 Å². The highest BCUT2D eigenvalue weighted by Gasteiger charge is 2.14. The number of benzene rings is 3. The van der Waals surface area contributed by atoms with Gasteiger partial charge in [0.25, 0.3) is 0 Å². The Hall–Kier alpha value is -2.62. The number of hydrogen-bond acceptors (Lipinski definition) is 2. The lowest BCUT2D eigenvalue weighted by molar-refractivity contribution is 0.313. The molecule has 0 spiro atoms. The van der Waals surface area contributed by atoms with Crippen LogP contribution < -0.4 is 5.06 Å². The van der Waals surface area contributed by atoms with E-state index in [1.165, 1.54) is 0 Å². The van der Waals surface area contributed by atoms with Crippen molar-refractivity contribution >= 4 is 29.6 Å². The van der Waals surface area contributed by atoms with Crippen molar-refractivity contribution in [1.29, 1.82) is 0 Å². The Kier molecular flexibility index (Phi) is 6.13. The minimum absolute atomic E-state index is 0. The van der Waals surface area contributed by atoms with Gasteiger partial charge in [0.2, 0.25) is 0 Å². The van der Waals surface area contributed by atoms with Gasteiger partial charge >= 0.3 is 0 Å². The number of aliphatic imine (C=N–C) groups is 1. The van der Waals surface area contributed by atoms with Crippen LogP contribution in [0.25, 0.3) is 0 Å². The monoisotopic (exact) mass is 338 g/mol. The zero-order valence-corrected chi connectivity index (χ0v) is 14.1. The fraction of sp³-hybridized carbons (Fsp3) is 0.0500. The molecule has 0 aliphatic heterocycles. The Labute approximate surface area is 148 Å². The van der Waals surface area contributed by atoms with Crippen molar-refractivity contribution in [3.63, 3.8) is 0 Å².